The molecule has 1 aromatic carbocycles. The van der Waals surface area contributed by atoms with Crippen molar-refractivity contribution < 1.29 is 4.79 Å². The highest BCUT2D eigenvalue weighted by atomic mass is 35.5. The van der Waals surface area contributed by atoms with E-state index in [0.29, 0.717) is 17.3 Å². The van der Waals surface area contributed by atoms with Gasteiger partial charge in [-0.1, -0.05) is 23.7 Å². The van der Waals surface area contributed by atoms with Gasteiger partial charge >= 0.3 is 0 Å². The van der Waals surface area contributed by atoms with Crippen molar-refractivity contribution in [1.29, 1.82) is 0 Å². The van der Waals surface area contributed by atoms with E-state index in [9.17, 15) is 4.79 Å². The molecule has 3 rings (SSSR count). The molecule has 1 N–H and O–H groups in total. The second-order valence-electron chi connectivity index (χ2n) is 5.59. The molecule has 1 aromatic heterocycles. The Labute approximate surface area is 140 Å². The van der Waals surface area contributed by atoms with Crippen LogP contribution < -0.4 is 10.2 Å². The summed E-state index contributed by atoms with van der Waals surface area (Å²) in [5.41, 5.74) is 1.44. The highest BCUT2D eigenvalue weighted by molar-refractivity contribution is 6.30. The summed E-state index contributed by atoms with van der Waals surface area (Å²) in [6, 6.07) is 7.63. The fraction of sp³-hybridized carbons (Fsp3) is 0.353. The molecule has 6 heteroatoms. The molecule has 1 fully saturated rings. The number of amides is 1. The lowest BCUT2D eigenvalue weighted by atomic mass is 10.1. The predicted molar refractivity (Wildman–Crippen MR) is 91.0 cm³/mol. The Bertz CT molecular complexity index is 669. The van der Waals surface area contributed by atoms with Gasteiger partial charge < -0.3 is 10.2 Å². The first-order valence-electron chi connectivity index (χ1n) is 7.82. The summed E-state index contributed by atoms with van der Waals surface area (Å²) in [4.78, 5) is 22.8. The third kappa shape index (κ3) is 4.20. The smallest absolute Gasteiger partial charge is 0.271 e. The average Bonchev–Trinajstić information content (AvgIpc) is 3.09. The van der Waals surface area contributed by atoms with Crippen LogP contribution in [0, 0.1) is 0 Å². The Kier molecular flexibility index (Phi) is 5.08. The summed E-state index contributed by atoms with van der Waals surface area (Å²) >= 11 is 5.94. The highest BCUT2D eigenvalue weighted by Gasteiger charge is 2.15. The van der Waals surface area contributed by atoms with Crippen molar-refractivity contribution in [2.45, 2.75) is 19.3 Å². The van der Waals surface area contributed by atoms with Gasteiger partial charge in [0.15, 0.2) is 0 Å². The lowest BCUT2D eigenvalue weighted by molar-refractivity contribution is 0.0949. The number of nitrogens with one attached hydrogen (secondary N) is 1. The number of hydrogen-bond donors (Lipinski definition) is 1. The van der Waals surface area contributed by atoms with Crippen LogP contribution in [-0.2, 0) is 6.42 Å². The SMILES string of the molecule is O=C(NCCc1cccc(Cl)c1)c1cnc(N2CCCC2)cn1. The van der Waals surface area contributed by atoms with Gasteiger partial charge in [0.25, 0.3) is 5.91 Å². The van der Waals surface area contributed by atoms with Gasteiger partial charge in [0, 0.05) is 24.7 Å². The fourth-order valence-electron chi connectivity index (χ4n) is 2.65. The zero-order valence-corrected chi connectivity index (χ0v) is 13.6. The van der Waals surface area contributed by atoms with Crippen molar-refractivity contribution in [1.82, 2.24) is 15.3 Å². The number of carbonyl (C=O) groups excluding carboxylic acids is 1. The van der Waals surface area contributed by atoms with Gasteiger partial charge in [-0.25, -0.2) is 9.97 Å². The summed E-state index contributed by atoms with van der Waals surface area (Å²) in [5.74, 6) is 0.644. The molecule has 0 atom stereocenters. The Morgan fingerprint density at radius 2 is 2.04 bits per heavy atom. The number of benzene rings is 1. The first kappa shape index (κ1) is 15.7. The van der Waals surface area contributed by atoms with Crippen molar-refractivity contribution in [3.05, 3.63) is 52.9 Å². The van der Waals surface area contributed by atoms with E-state index < -0.39 is 0 Å². The maximum Gasteiger partial charge on any atom is 0.271 e. The number of carbonyl (C=O) groups is 1. The van der Waals surface area contributed by atoms with Crippen molar-refractivity contribution >= 4 is 23.3 Å². The number of anilines is 1. The van der Waals surface area contributed by atoms with Crippen LogP contribution in [0.1, 0.15) is 28.9 Å². The zero-order chi connectivity index (χ0) is 16.1. The van der Waals surface area contributed by atoms with E-state index in [1.807, 2.05) is 24.3 Å². The molecule has 23 heavy (non-hydrogen) atoms. The molecule has 0 bridgehead atoms. The van der Waals surface area contributed by atoms with Crippen molar-refractivity contribution in [3.63, 3.8) is 0 Å². The van der Waals surface area contributed by atoms with E-state index in [4.69, 9.17) is 11.6 Å². The maximum atomic E-state index is 12.1. The van der Waals surface area contributed by atoms with Crippen LogP contribution in [0.25, 0.3) is 0 Å². The summed E-state index contributed by atoms with van der Waals surface area (Å²) in [5, 5.41) is 3.56. The summed E-state index contributed by atoms with van der Waals surface area (Å²) < 4.78 is 0. The van der Waals surface area contributed by atoms with E-state index in [-0.39, 0.29) is 5.91 Å². The van der Waals surface area contributed by atoms with E-state index in [2.05, 4.69) is 20.2 Å². The monoisotopic (exact) mass is 330 g/mol. The molecular formula is C17H19ClN4O. The standard InChI is InChI=1S/C17H19ClN4O/c18-14-5-3-4-13(10-14)6-7-19-17(23)15-11-21-16(12-20-15)22-8-1-2-9-22/h3-5,10-12H,1-2,6-9H2,(H,19,23). The molecule has 1 aliphatic heterocycles. The normalized spacial score (nSPS) is 14.0. The van der Waals surface area contributed by atoms with E-state index >= 15 is 0 Å². The molecular weight excluding hydrogens is 312 g/mol. The number of rotatable bonds is 5. The minimum absolute atomic E-state index is 0.201. The van der Waals surface area contributed by atoms with Gasteiger partial charge in [-0.15, -0.1) is 0 Å². The van der Waals surface area contributed by atoms with Crippen molar-refractivity contribution in [2.24, 2.45) is 0 Å². The van der Waals surface area contributed by atoms with Gasteiger partial charge in [0.2, 0.25) is 0 Å². The molecule has 2 heterocycles. The van der Waals surface area contributed by atoms with E-state index in [0.717, 1.165) is 30.9 Å². The Hall–Kier alpha value is -2.14. The van der Waals surface area contributed by atoms with Gasteiger partial charge in [-0.3, -0.25) is 4.79 Å². The van der Waals surface area contributed by atoms with Crippen LogP contribution in [-0.4, -0.2) is 35.5 Å². The third-order valence-electron chi connectivity index (χ3n) is 3.89. The van der Waals surface area contributed by atoms with E-state index in [1.165, 1.54) is 12.8 Å². The number of aromatic nitrogens is 2. The average molecular weight is 331 g/mol. The first-order valence-corrected chi connectivity index (χ1v) is 8.20. The molecule has 1 saturated heterocycles. The molecule has 0 aliphatic carbocycles. The van der Waals surface area contributed by atoms with Crippen molar-refractivity contribution in [3.8, 4) is 0 Å². The Morgan fingerprint density at radius 3 is 2.74 bits per heavy atom. The molecule has 1 aliphatic rings. The van der Waals surface area contributed by atoms with Gasteiger partial charge in [0.1, 0.15) is 11.5 Å². The number of halogens is 1. The molecule has 0 radical (unpaired) electrons. The van der Waals surface area contributed by atoms with Gasteiger partial charge in [-0.05, 0) is 37.0 Å². The largest absolute Gasteiger partial charge is 0.355 e. The maximum absolute atomic E-state index is 12.1. The van der Waals surface area contributed by atoms with Crippen LogP contribution in [0.15, 0.2) is 36.7 Å². The summed E-state index contributed by atoms with van der Waals surface area (Å²) in [7, 11) is 0. The van der Waals surface area contributed by atoms with Crippen LogP contribution >= 0.6 is 11.6 Å². The molecule has 1 amide bonds. The fourth-order valence-corrected chi connectivity index (χ4v) is 2.86. The highest BCUT2D eigenvalue weighted by Crippen LogP contribution is 2.16. The lowest BCUT2D eigenvalue weighted by Gasteiger charge is -2.15. The molecule has 5 nitrogen and oxygen atoms in total. The second kappa shape index (κ2) is 7.42. The minimum Gasteiger partial charge on any atom is -0.355 e. The molecule has 120 valence electrons. The molecule has 0 spiro atoms. The number of nitrogens with zero attached hydrogens (tertiary/aromatic N) is 3. The first-order chi connectivity index (χ1) is 11.2. The second-order valence-corrected chi connectivity index (χ2v) is 6.03. The van der Waals surface area contributed by atoms with Crippen LogP contribution in [0.3, 0.4) is 0 Å². The lowest BCUT2D eigenvalue weighted by Crippen LogP contribution is -2.27. The van der Waals surface area contributed by atoms with Crippen LogP contribution in [0.2, 0.25) is 5.02 Å². The third-order valence-corrected chi connectivity index (χ3v) is 4.12. The zero-order valence-electron chi connectivity index (χ0n) is 12.8. The number of hydrogen-bond acceptors (Lipinski definition) is 4. The van der Waals surface area contributed by atoms with Crippen molar-refractivity contribution in [2.75, 3.05) is 24.5 Å². The summed E-state index contributed by atoms with van der Waals surface area (Å²) in [6.45, 7) is 2.56. The topological polar surface area (TPSA) is 58.1 Å². The van der Waals surface area contributed by atoms with Crippen LogP contribution in [0.5, 0.6) is 0 Å². The minimum atomic E-state index is -0.201. The molecule has 0 saturated carbocycles. The Balaban J connectivity index is 1.51. The summed E-state index contributed by atoms with van der Waals surface area (Å²) in [6.07, 6.45) is 6.33. The predicted octanol–water partition coefficient (Wildman–Crippen LogP) is 2.70. The molecule has 0 unspecified atom stereocenters. The molecule has 2 aromatic rings. The Morgan fingerprint density at radius 1 is 1.22 bits per heavy atom. The quantitative estimate of drug-likeness (QED) is 0.915. The van der Waals surface area contributed by atoms with E-state index in [1.54, 1.807) is 12.4 Å². The van der Waals surface area contributed by atoms with Gasteiger partial charge in [0.05, 0.1) is 12.4 Å². The van der Waals surface area contributed by atoms with Crippen LogP contribution in [0.4, 0.5) is 5.82 Å². The van der Waals surface area contributed by atoms with Gasteiger partial charge in [-0.2, -0.15) is 0 Å².